The predicted octanol–water partition coefficient (Wildman–Crippen LogP) is 1.37. The molecule has 0 aromatic carbocycles. The normalized spacial score (nSPS) is 11.5. The fourth-order valence-electron chi connectivity index (χ4n) is 1.48. The van der Waals surface area contributed by atoms with E-state index in [1.54, 1.807) is 21.1 Å². The molecule has 5 heteroatoms. The molecule has 0 aliphatic carbocycles. The van der Waals surface area contributed by atoms with Crippen molar-refractivity contribution >= 4 is 16.2 Å². The van der Waals surface area contributed by atoms with E-state index in [9.17, 15) is 4.79 Å². The number of carbonyl (C=O) groups excluding carboxylic acids is 1. The van der Waals surface area contributed by atoms with Crippen molar-refractivity contribution in [2.75, 3.05) is 20.8 Å². The molecule has 18 heavy (non-hydrogen) atoms. The van der Waals surface area contributed by atoms with E-state index < -0.39 is 0 Å². The van der Waals surface area contributed by atoms with Gasteiger partial charge >= 0.3 is 5.97 Å². The van der Waals surface area contributed by atoms with Gasteiger partial charge in [-0.15, -0.1) is 0 Å². The van der Waals surface area contributed by atoms with Gasteiger partial charge in [0.05, 0.1) is 16.8 Å². The average molecular weight is 274 g/mol. The third-order valence-electron chi connectivity index (χ3n) is 2.97. The molecule has 0 saturated carbocycles. The first-order chi connectivity index (χ1) is 8.45. The standard InChI is InChI=1S/C13H26O4Si/c1-11(2)12(14)17-10-8-6-5-7-9-13(18,15-3)16-4/h1,5-10H2,2-4,18H3. The summed E-state index contributed by atoms with van der Waals surface area (Å²) in [6.45, 7) is 5.66. The number of carbonyl (C=O) groups is 1. The Morgan fingerprint density at radius 1 is 1.17 bits per heavy atom. The van der Waals surface area contributed by atoms with E-state index in [4.69, 9.17) is 14.2 Å². The molecule has 0 aliphatic rings. The fraction of sp³-hybridized carbons (Fsp3) is 0.769. The number of esters is 1. The van der Waals surface area contributed by atoms with Crippen LogP contribution in [0.3, 0.4) is 0 Å². The van der Waals surface area contributed by atoms with Crippen molar-refractivity contribution in [2.45, 2.75) is 44.4 Å². The second kappa shape index (κ2) is 9.30. The van der Waals surface area contributed by atoms with E-state index >= 15 is 0 Å². The number of rotatable bonds is 10. The summed E-state index contributed by atoms with van der Waals surface area (Å²) in [5.41, 5.74) is 0.114. The summed E-state index contributed by atoms with van der Waals surface area (Å²) in [7, 11) is 4.24. The molecule has 0 saturated heterocycles. The van der Waals surface area contributed by atoms with E-state index in [-0.39, 0.29) is 11.4 Å². The lowest BCUT2D eigenvalue weighted by atomic mass is 10.1. The summed E-state index contributed by atoms with van der Waals surface area (Å²) in [5.74, 6) is -0.299. The van der Waals surface area contributed by atoms with Gasteiger partial charge in [-0.25, -0.2) is 4.79 Å². The molecule has 0 radical (unpaired) electrons. The zero-order valence-electron chi connectivity index (χ0n) is 12.1. The molecule has 0 unspecified atom stereocenters. The highest BCUT2D eigenvalue weighted by atomic mass is 28.1. The Hall–Kier alpha value is -0.653. The SMILES string of the molecule is C=C(C)C(=O)OCCCCCCC([SiH3])(OC)OC. The Balaban J connectivity index is 3.47. The maximum atomic E-state index is 11.1. The number of hydrogen-bond acceptors (Lipinski definition) is 4. The summed E-state index contributed by atoms with van der Waals surface area (Å²) >= 11 is 0. The third-order valence-corrected chi connectivity index (χ3v) is 4.29. The van der Waals surface area contributed by atoms with Crippen molar-refractivity contribution in [2.24, 2.45) is 0 Å². The van der Waals surface area contributed by atoms with Crippen LogP contribution in [0.1, 0.15) is 39.0 Å². The summed E-state index contributed by atoms with van der Waals surface area (Å²) in [4.78, 5) is 11.1. The fourth-order valence-corrected chi connectivity index (χ4v) is 1.83. The second-order valence-corrected chi connectivity index (χ2v) is 6.15. The highest BCUT2D eigenvalue weighted by Crippen LogP contribution is 2.16. The molecule has 0 fully saturated rings. The highest BCUT2D eigenvalue weighted by Gasteiger charge is 2.20. The van der Waals surface area contributed by atoms with E-state index in [2.05, 4.69) is 6.58 Å². The number of ether oxygens (including phenoxy) is 3. The van der Waals surface area contributed by atoms with Crippen molar-refractivity contribution in [3.63, 3.8) is 0 Å². The first-order valence-electron chi connectivity index (χ1n) is 6.38. The van der Waals surface area contributed by atoms with Gasteiger partial charge in [-0.1, -0.05) is 19.4 Å². The Morgan fingerprint density at radius 3 is 2.22 bits per heavy atom. The van der Waals surface area contributed by atoms with Gasteiger partial charge in [0, 0.05) is 19.8 Å². The quantitative estimate of drug-likeness (QED) is 0.198. The van der Waals surface area contributed by atoms with Crippen LogP contribution in [0.15, 0.2) is 12.2 Å². The van der Waals surface area contributed by atoms with E-state index in [0.717, 1.165) is 42.3 Å². The van der Waals surface area contributed by atoms with E-state index in [1.807, 2.05) is 0 Å². The molecule has 0 aromatic heterocycles. The molecular formula is C13H26O4Si. The van der Waals surface area contributed by atoms with Gasteiger partial charge in [0.25, 0.3) is 0 Å². The van der Waals surface area contributed by atoms with Gasteiger partial charge in [-0.05, 0) is 26.2 Å². The van der Waals surface area contributed by atoms with Crippen LogP contribution in [-0.4, -0.2) is 42.4 Å². The van der Waals surface area contributed by atoms with Crippen molar-refractivity contribution < 1.29 is 19.0 Å². The van der Waals surface area contributed by atoms with Crippen LogP contribution >= 0.6 is 0 Å². The number of methoxy groups -OCH3 is 2. The molecule has 0 aromatic rings. The van der Waals surface area contributed by atoms with Crippen molar-refractivity contribution in [3.05, 3.63) is 12.2 Å². The van der Waals surface area contributed by atoms with Crippen LogP contribution in [0, 0.1) is 0 Å². The Bertz CT molecular complexity index is 262. The molecule has 0 atom stereocenters. The minimum atomic E-state index is -0.341. The molecule has 106 valence electrons. The van der Waals surface area contributed by atoms with Gasteiger partial charge in [-0.2, -0.15) is 0 Å². The Morgan fingerprint density at radius 2 is 1.72 bits per heavy atom. The summed E-state index contributed by atoms with van der Waals surface area (Å²) in [6, 6.07) is 0. The summed E-state index contributed by atoms with van der Waals surface area (Å²) in [5, 5.41) is 0. The molecule has 0 amide bonds. The minimum absolute atomic E-state index is 0.299. The van der Waals surface area contributed by atoms with Crippen LogP contribution < -0.4 is 0 Å². The van der Waals surface area contributed by atoms with Crippen LogP contribution in [0.4, 0.5) is 0 Å². The summed E-state index contributed by atoms with van der Waals surface area (Å²) < 4.78 is 15.7. The first-order valence-corrected chi connectivity index (χ1v) is 7.38. The monoisotopic (exact) mass is 274 g/mol. The minimum Gasteiger partial charge on any atom is -0.462 e. The lowest BCUT2D eigenvalue weighted by molar-refractivity contribution is -0.146. The lowest BCUT2D eigenvalue weighted by Gasteiger charge is -2.26. The van der Waals surface area contributed by atoms with Crippen molar-refractivity contribution in [1.82, 2.24) is 0 Å². The van der Waals surface area contributed by atoms with E-state index in [0.29, 0.717) is 12.2 Å². The van der Waals surface area contributed by atoms with Crippen LogP contribution in [-0.2, 0) is 19.0 Å². The Labute approximate surface area is 113 Å². The van der Waals surface area contributed by atoms with E-state index in [1.165, 1.54) is 0 Å². The van der Waals surface area contributed by atoms with Gasteiger partial charge in [0.1, 0.15) is 5.41 Å². The predicted molar refractivity (Wildman–Crippen MR) is 75.5 cm³/mol. The van der Waals surface area contributed by atoms with Gasteiger partial charge in [0.2, 0.25) is 0 Å². The molecule has 0 bridgehead atoms. The molecule has 0 N–H and O–H groups in total. The Kier molecular flexibility index (Phi) is 8.96. The summed E-state index contributed by atoms with van der Waals surface area (Å²) in [6.07, 6.45) is 5.04. The maximum absolute atomic E-state index is 11.1. The van der Waals surface area contributed by atoms with Crippen LogP contribution in [0.5, 0.6) is 0 Å². The molecule has 0 rings (SSSR count). The second-order valence-electron chi connectivity index (χ2n) is 4.62. The van der Waals surface area contributed by atoms with Gasteiger partial charge in [0.15, 0.2) is 0 Å². The number of hydrogen-bond donors (Lipinski definition) is 0. The van der Waals surface area contributed by atoms with Gasteiger partial charge in [-0.3, -0.25) is 0 Å². The molecule has 0 heterocycles. The third kappa shape index (κ3) is 7.63. The number of unbranched alkanes of at least 4 members (excludes halogenated alkanes) is 3. The topological polar surface area (TPSA) is 44.8 Å². The highest BCUT2D eigenvalue weighted by molar-refractivity contribution is 6.13. The zero-order chi connectivity index (χ0) is 14.0. The largest absolute Gasteiger partial charge is 0.462 e. The van der Waals surface area contributed by atoms with Crippen LogP contribution in [0.25, 0.3) is 0 Å². The molecule has 4 nitrogen and oxygen atoms in total. The first kappa shape index (κ1) is 17.3. The maximum Gasteiger partial charge on any atom is 0.333 e. The van der Waals surface area contributed by atoms with Crippen molar-refractivity contribution in [3.8, 4) is 0 Å². The molecule has 0 aliphatic heterocycles. The zero-order valence-corrected chi connectivity index (χ0v) is 14.1. The van der Waals surface area contributed by atoms with Crippen molar-refractivity contribution in [1.29, 1.82) is 0 Å². The smallest absolute Gasteiger partial charge is 0.333 e. The van der Waals surface area contributed by atoms with Crippen LogP contribution in [0.2, 0.25) is 0 Å². The van der Waals surface area contributed by atoms with Gasteiger partial charge < -0.3 is 14.2 Å². The molecular weight excluding hydrogens is 248 g/mol. The average Bonchev–Trinajstić information content (AvgIpc) is 2.36. The lowest BCUT2D eigenvalue weighted by Crippen LogP contribution is -2.33. The molecule has 0 spiro atoms.